The van der Waals surface area contributed by atoms with Crippen molar-refractivity contribution in [1.82, 2.24) is 4.90 Å². The molecule has 5 nitrogen and oxygen atoms in total. The van der Waals surface area contributed by atoms with Crippen molar-refractivity contribution in [1.29, 1.82) is 0 Å². The van der Waals surface area contributed by atoms with Crippen LogP contribution in [0.1, 0.15) is 21.7 Å². The highest BCUT2D eigenvalue weighted by atomic mass is 19.1. The van der Waals surface area contributed by atoms with Crippen LogP contribution in [0.5, 0.6) is 5.75 Å². The Labute approximate surface area is 163 Å². The molecule has 0 saturated carbocycles. The van der Waals surface area contributed by atoms with Crippen LogP contribution < -0.4 is 4.74 Å². The van der Waals surface area contributed by atoms with Crippen molar-refractivity contribution in [2.45, 2.75) is 19.2 Å². The van der Waals surface area contributed by atoms with Gasteiger partial charge in [0, 0.05) is 18.7 Å². The number of rotatable bonds is 10. The van der Waals surface area contributed by atoms with Gasteiger partial charge in [-0.15, -0.1) is 0 Å². The molecule has 0 amide bonds. The Morgan fingerprint density at radius 3 is 2.61 bits per heavy atom. The Balaban J connectivity index is 1.64. The highest BCUT2D eigenvalue weighted by Crippen LogP contribution is 2.17. The van der Waals surface area contributed by atoms with Gasteiger partial charge in [-0.3, -0.25) is 9.69 Å². The van der Waals surface area contributed by atoms with Gasteiger partial charge in [-0.25, -0.2) is 4.39 Å². The quantitative estimate of drug-likeness (QED) is 0.541. The molecule has 0 aliphatic rings. The van der Waals surface area contributed by atoms with Gasteiger partial charge in [-0.2, -0.15) is 0 Å². The third-order valence-electron chi connectivity index (χ3n) is 4.26. The number of aldehydes is 1. The first kappa shape index (κ1) is 19.8. The van der Waals surface area contributed by atoms with Gasteiger partial charge in [0.15, 0.2) is 6.29 Å². The molecule has 0 fully saturated rings. The number of carbonyl (C=O) groups excluding carboxylic acids is 1. The number of nitrogens with zero attached hydrogens (tertiary/aromatic N) is 1. The summed E-state index contributed by atoms with van der Waals surface area (Å²) >= 11 is 0. The third kappa shape index (κ3) is 5.52. The van der Waals surface area contributed by atoms with E-state index < -0.39 is 6.10 Å². The number of aliphatic hydroxyl groups excluding tert-OH is 1. The molecule has 0 bridgehead atoms. The fourth-order valence-electron chi connectivity index (χ4n) is 2.92. The average molecular weight is 383 g/mol. The van der Waals surface area contributed by atoms with Crippen LogP contribution in [0.2, 0.25) is 0 Å². The van der Waals surface area contributed by atoms with Crippen LogP contribution in [0.4, 0.5) is 4.39 Å². The summed E-state index contributed by atoms with van der Waals surface area (Å²) in [6, 6.07) is 17.0. The van der Waals surface area contributed by atoms with Crippen LogP contribution in [-0.4, -0.2) is 35.5 Å². The lowest BCUT2D eigenvalue weighted by molar-refractivity contribution is 0.0597. The van der Waals surface area contributed by atoms with Crippen molar-refractivity contribution >= 4 is 6.29 Å². The Morgan fingerprint density at radius 2 is 1.86 bits per heavy atom. The first-order valence-corrected chi connectivity index (χ1v) is 8.99. The van der Waals surface area contributed by atoms with Crippen molar-refractivity contribution in [3.8, 4) is 5.75 Å². The van der Waals surface area contributed by atoms with Crippen LogP contribution in [0.15, 0.2) is 71.3 Å². The second-order valence-electron chi connectivity index (χ2n) is 6.46. The summed E-state index contributed by atoms with van der Waals surface area (Å²) in [5.74, 6) is 0.844. The maximum atomic E-state index is 14.0. The molecule has 0 spiro atoms. The Bertz CT molecular complexity index is 882. The lowest BCUT2D eigenvalue weighted by atomic mass is 10.2. The van der Waals surface area contributed by atoms with Gasteiger partial charge in [0.25, 0.3) is 0 Å². The fourth-order valence-corrected chi connectivity index (χ4v) is 2.92. The van der Waals surface area contributed by atoms with Gasteiger partial charge >= 0.3 is 0 Å². The van der Waals surface area contributed by atoms with E-state index in [-0.39, 0.29) is 19.0 Å². The molecule has 0 aliphatic carbocycles. The zero-order valence-corrected chi connectivity index (χ0v) is 15.3. The van der Waals surface area contributed by atoms with Gasteiger partial charge < -0.3 is 14.3 Å². The van der Waals surface area contributed by atoms with E-state index >= 15 is 0 Å². The molecule has 146 valence electrons. The van der Waals surface area contributed by atoms with E-state index in [0.717, 1.165) is 5.76 Å². The molecule has 0 aliphatic heterocycles. The van der Waals surface area contributed by atoms with Gasteiger partial charge in [-0.1, -0.05) is 30.3 Å². The summed E-state index contributed by atoms with van der Waals surface area (Å²) in [4.78, 5) is 13.0. The molecule has 2 aromatic carbocycles. The molecule has 1 atom stereocenters. The lowest BCUT2D eigenvalue weighted by Gasteiger charge is -2.24. The number of benzene rings is 2. The van der Waals surface area contributed by atoms with Crippen molar-refractivity contribution in [3.05, 3.63) is 89.6 Å². The van der Waals surface area contributed by atoms with E-state index in [2.05, 4.69) is 0 Å². The van der Waals surface area contributed by atoms with Gasteiger partial charge in [0.05, 0.1) is 18.4 Å². The molecule has 3 aromatic rings. The summed E-state index contributed by atoms with van der Waals surface area (Å²) in [7, 11) is 0. The normalized spacial score (nSPS) is 12.1. The summed E-state index contributed by atoms with van der Waals surface area (Å²) < 4.78 is 25.0. The Morgan fingerprint density at radius 1 is 1.07 bits per heavy atom. The fraction of sp³-hybridized carbons (Fsp3) is 0.227. The van der Waals surface area contributed by atoms with E-state index in [4.69, 9.17) is 9.15 Å². The van der Waals surface area contributed by atoms with E-state index in [1.54, 1.807) is 54.8 Å². The second kappa shape index (κ2) is 9.82. The molecule has 1 unspecified atom stereocenters. The minimum absolute atomic E-state index is 0.0107. The Kier molecular flexibility index (Phi) is 6.94. The van der Waals surface area contributed by atoms with Gasteiger partial charge in [0.1, 0.15) is 30.0 Å². The maximum absolute atomic E-state index is 14.0. The molecule has 28 heavy (non-hydrogen) atoms. The number of para-hydroxylation sites is 1. The SMILES string of the molecule is O=Cc1ccccc1OCC(O)CN(Cc1ccco1)Cc1ccccc1F. The van der Waals surface area contributed by atoms with Crippen LogP contribution in [0.3, 0.4) is 0 Å². The minimum atomic E-state index is -0.832. The minimum Gasteiger partial charge on any atom is -0.490 e. The van der Waals surface area contributed by atoms with Crippen LogP contribution in [-0.2, 0) is 13.1 Å². The highest BCUT2D eigenvalue weighted by Gasteiger charge is 2.17. The smallest absolute Gasteiger partial charge is 0.153 e. The summed E-state index contributed by atoms with van der Waals surface area (Å²) in [6.07, 6.45) is 1.46. The summed E-state index contributed by atoms with van der Waals surface area (Å²) in [5, 5.41) is 10.4. The standard InChI is InChI=1S/C22H22FNO4/c23-21-9-3-1-6-17(21)12-24(14-20-8-5-11-27-20)13-19(26)16-28-22-10-4-2-7-18(22)15-25/h1-11,15,19,26H,12-14,16H2. The zero-order chi connectivity index (χ0) is 19.8. The monoisotopic (exact) mass is 383 g/mol. The first-order chi connectivity index (χ1) is 13.7. The molecule has 0 saturated heterocycles. The molecule has 0 radical (unpaired) electrons. The van der Waals surface area contributed by atoms with Crippen molar-refractivity contribution in [2.24, 2.45) is 0 Å². The number of halogens is 1. The molecule has 1 N–H and O–H groups in total. The van der Waals surface area contributed by atoms with Crippen LogP contribution in [0, 0.1) is 5.82 Å². The number of carbonyl (C=O) groups is 1. The van der Waals surface area contributed by atoms with Crippen LogP contribution in [0.25, 0.3) is 0 Å². The number of aliphatic hydroxyl groups is 1. The third-order valence-corrected chi connectivity index (χ3v) is 4.26. The Hall–Kier alpha value is -2.96. The number of hydrogen-bond donors (Lipinski definition) is 1. The lowest BCUT2D eigenvalue weighted by Crippen LogP contribution is -2.35. The molecular formula is C22H22FNO4. The van der Waals surface area contributed by atoms with E-state index in [0.29, 0.717) is 36.3 Å². The zero-order valence-electron chi connectivity index (χ0n) is 15.3. The van der Waals surface area contributed by atoms with Crippen molar-refractivity contribution in [3.63, 3.8) is 0 Å². The average Bonchev–Trinajstić information content (AvgIpc) is 3.21. The van der Waals surface area contributed by atoms with Gasteiger partial charge in [0.2, 0.25) is 0 Å². The first-order valence-electron chi connectivity index (χ1n) is 8.99. The molecule has 6 heteroatoms. The van der Waals surface area contributed by atoms with Crippen molar-refractivity contribution < 1.29 is 23.4 Å². The second-order valence-corrected chi connectivity index (χ2v) is 6.46. The molecular weight excluding hydrogens is 361 g/mol. The molecule has 3 rings (SSSR count). The highest BCUT2D eigenvalue weighted by molar-refractivity contribution is 5.79. The number of furan rings is 1. The molecule has 1 heterocycles. The van der Waals surface area contributed by atoms with E-state index in [1.165, 1.54) is 6.07 Å². The largest absolute Gasteiger partial charge is 0.490 e. The maximum Gasteiger partial charge on any atom is 0.153 e. The predicted octanol–water partition coefficient (Wildman–Crippen LogP) is 3.67. The van der Waals surface area contributed by atoms with Crippen LogP contribution >= 0.6 is 0 Å². The summed E-state index contributed by atoms with van der Waals surface area (Å²) in [6.45, 7) is 0.994. The van der Waals surface area contributed by atoms with E-state index in [9.17, 15) is 14.3 Å². The summed E-state index contributed by atoms with van der Waals surface area (Å²) in [5.41, 5.74) is 0.960. The van der Waals surface area contributed by atoms with E-state index in [1.807, 2.05) is 11.0 Å². The number of ether oxygens (including phenoxy) is 1. The topological polar surface area (TPSA) is 62.9 Å². The van der Waals surface area contributed by atoms with Crippen molar-refractivity contribution in [2.75, 3.05) is 13.2 Å². The number of hydrogen-bond acceptors (Lipinski definition) is 5. The van der Waals surface area contributed by atoms with Gasteiger partial charge in [-0.05, 0) is 30.3 Å². The predicted molar refractivity (Wildman–Crippen MR) is 103 cm³/mol. The molecule has 1 aromatic heterocycles.